The van der Waals surface area contributed by atoms with E-state index in [2.05, 4.69) is 5.08 Å². The molecule has 0 aromatic rings. The third-order valence-corrected chi connectivity index (χ3v) is 2.42. The van der Waals surface area contributed by atoms with Gasteiger partial charge in [0, 0.05) is 6.54 Å². The van der Waals surface area contributed by atoms with Gasteiger partial charge in [0.1, 0.15) is 5.60 Å². The molecule has 90 valence electrons. The number of ether oxygens (including phenoxy) is 1. The molecular formula is C10H19N4O2+. The average molecular weight is 227 g/mol. The second-order valence-corrected chi connectivity index (χ2v) is 4.96. The van der Waals surface area contributed by atoms with Crippen molar-refractivity contribution in [2.75, 3.05) is 13.6 Å². The lowest BCUT2D eigenvalue weighted by molar-refractivity contribution is 0.0103. The molecule has 6 nitrogen and oxygen atoms in total. The molecule has 1 atom stereocenters. The molecule has 6 heteroatoms. The highest BCUT2D eigenvalue weighted by Gasteiger charge is 2.38. The van der Waals surface area contributed by atoms with Crippen LogP contribution in [0.2, 0.25) is 0 Å². The molecule has 1 fully saturated rings. The van der Waals surface area contributed by atoms with Crippen molar-refractivity contribution < 1.29 is 9.53 Å². The predicted octanol–water partition coefficient (Wildman–Crippen LogP) is 2.04. The van der Waals surface area contributed by atoms with Crippen LogP contribution in [0, 0.1) is 5.39 Å². The summed E-state index contributed by atoms with van der Waals surface area (Å²) in [5.74, 6) is 0. The smallest absolute Gasteiger partial charge is 0.412 e. The van der Waals surface area contributed by atoms with Crippen LogP contribution in [-0.2, 0) is 4.74 Å². The molecule has 1 aliphatic heterocycles. The first kappa shape index (κ1) is 12.6. The van der Waals surface area contributed by atoms with Gasteiger partial charge >= 0.3 is 11.2 Å². The Kier molecular flexibility index (Phi) is 3.58. The minimum atomic E-state index is -0.501. The number of diazo groups is 1. The molecule has 0 radical (unpaired) electrons. The van der Waals surface area contributed by atoms with Crippen LogP contribution in [0.5, 0.6) is 0 Å². The lowest BCUT2D eigenvalue weighted by Crippen LogP contribution is -2.45. The number of carbonyl (C=O) groups excluding carboxylic acids is 1. The van der Waals surface area contributed by atoms with Crippen LogP contribution in [0.4, 0.5) is 4.79 Å². The van der Waals surface area contributed by atoms with Crippen LogP contribution < -0.4 is 0 Å². The minimum Gasteiger partial charge on any atom is -0.444 e. The Morgan fingerprint density at radius 1 is 1.56 bits per heavy atom. The standard InChI is InChI=1S/C10H19N4O2/c1-10(2,3)16-9(15)14-7-5-6-8(14)13(4)12-11/h8H,5-7H2,1-4H3/q+1. The van der Waals surface area contributed by atoms with E-state index in [1.807, 2.05) is 20.8 Å². The summed E-state index contributed by atoms with van der Waals surface area (Å²) < 4.78 is 5.28. The van der Waals surface area contributed by atoms with Crippen molar-refractivity contribution in [2.24, 2.45) is 0 Å². The van der Waals surface area contributed by atoms with Crippen molar-refractivity contribution >= 4 is 6.09 Å². The highest BCUT2D eigenvalue weighted by atomic mass is 16.6. The van der Waals surface area contributed by atoms with Gasteiger partial charge in [-0.2, -0.15) is 0 Å². The Morgan fingerprint density at radius 3 is 2.69 bits per heavy atom. The van der Waals surface area contributed by atoms with E-state index in [1.165, 1.54) is 5.01 Å². The minimum absolute atomic E-state index is 0.208. The summed E-state index contributed by atoms with van der Waals surface area (Å²) in [6, 6.07) is 0. The van der Waals surface area contributed by atoms with Gasteiger partial charge in [-0.3, -0.25) is 4.90 Å². The fraction of sp³-hybridized carbons (Fsp3) is 0.900. The van der Waals surface area contributed by atoms with Gasteiger partial charge in [0.2, 0.25) is 0 Å². The zero-order valence-corrected chi connectivity index (χ0v) is 10.3. The van der Waals surface area contributed by atoms with E-state index in [1.54, 1.807) is 11.9 Å². The molecule has 1 heterocycles. The van der Waals surface area contributed by atoms with Gasteiger partial charge in [-0.05, 0) is 38.6 Å². The highest BCUT2D eigenvalue weighted by molar-refractivity contribution is 5.68. The molecule has 1 aliphatic rings. The van der Waals surface area contributed by atoms with E-state index < -0.39 is 5.60 Å². The average Bonchev–Trinajstić information content (AvgIpc) is 2.62. The van der Waals surface area contributed by atoms with Crippen LogP contribution in [-0.4, -0.2) is 41.4 Å². The highest BCUT2D eigenvalue weighted by Crippen LogP contribution is 2.22. The molecule has 0 saturated carbocycles. The molecule has 0 N–H and O–H groups in total. The molecule has 0 spiro atoms. The second kappa shape index (κ2) is 4.56. The van der Waals surface area contributed by atoms with Crippen molar-refractivity contribution in [3.63, 3.8) is 0 Å². The van der Waals surface area contributed by atoms with Crippen LogP contribution in [0.1, 0.15) is 33.6 Å². The van der Waals surface area contributed by atoms with Crippen molar-refractivity contribution in [2.45, 2.75) is 45.4 Å². The molecule has 16 heavy (non-hydrogen) atoms. The van der Waals surface area contributed by atoms with Crippen molar-refractivity contribution in [1.29, 1.82) is 5.39 Å². The van der Waals surface area contributed by atoms with Crippen LogP contribution in [0.15, 0.2) is 0 Å². The lowest BCUT2D eigenvalue weighted by Gasteiger charge is -2.27. The Morgan fingerprint density at radius 2 is 2.19 bits per heavy atom. The van der Waals surface area contributed by atoms with Crippen molar-refractivity contribution in [1.82, 2.24) is 9.91 Å². The second-order valence-electron chi connectivity index (χ2n) is 4.96. The number of hydrogen-bond acceptors (Lipinski definition) is 4. The normalized spacial score (nSPS) is 20.4. The molecule has 1 rings (SSSR count). The van der Waals surface area contributed by atoms with E-state index in [-0.39, 0.29) is 12.3 Å². The van der Waals surface area contributed by atoms with Crippen LogP contribution in [0.25, 0.3) is 5.08 Å². The zero-order chi connectivity index (χ0) is 12.3. The number of hydrogen-bond donors (Lipinski definition) is 0. The number of likely N-dealkylation sites (tertiary alicyclic amines) is 1. The maximum absolute atomic E-state index is 11.8. The zero-order valence-electron chi connectivity index (χ0n) is 10.3. The summed E-state index contributed by atoms with van der Waals surface area (Å²) in [4.78, 5) is 13.4. The van der Waals surface area contributed by atoms with Gasteiger partial charge in [0.15, 0.2) is 6.17 Å². The maximum atomic E-state index is 11.8. The topological polar surface area (TPSA) is 60.9 Å². The molecule has 0 aliphatic carbocycles. The number of carbonyl (C=O) groups is 1. The summed E-state index contributed by atoms with van der Waals surface area (Å²) in [7, 11) is 1.63. The van der Waals surface area contributed by atoms with Crippen molar-refractivity contribution in [3.8, 4) is 0 Å². The summed E-state index contributed by atoms with van der Waals surface area (Å²) in [5.41, 5.74) is -0.501. The van der Waals surface area contributed by atoms with E-state index in [0.717, 1.165) is 12.8 Å². The molecule has 1 saturated heterocycles. The maximum Gasteiger partial charge on any atom is 0.412 e. The molecule has 0 bridgehead atoms. The fourth-order valence-corrected chi connectivity index (χ4v) is 1.73. The van der Waals surface area contributed by atoms with Gasteiger partial charge in [-0.25, -0.2) is 4.79 Å². The Balaban J connectivity index is 2.65. The van der Waals surface area contributed by atoms with E-state index in [9.17, 15) is 4.79 Å². The van der Waals surface area contributed by atoms with Gasteiger partial charge in [-0.15, -0.1) is 0 Å². The van der Waals surface area contributed by atoms with E-state index in [4.69, 9.17) is 10.1 Å². The first-order valence-electron chi connectivity index (χ1n) is 5.42. The van der Waals surface area contributed by atoms with Gasteiger partial charge < -0.3 is 4.74 Å². The number of amides is 1. The van der Waals surface area contributed by atoms with Gasteiger partial charge in [0.25, 0.3) is 5.39 Å². The molecule has 0 aromatic heterocycles. The summed E-state index contributed by atoms with van der Waals surface area (Å²) in [5, 5.41) is 13.2. The predicted molar refractivity (Wildman–Crippen MR) is 58.8 cm³/mol. The van der Waals surface area contributed by atoms with E-state index >= 15 is 0 Å². The lowest BCUT2D eigenvalue weighted by atomic mass is 10.2. The third kappa shape index (κ3) is 2.99. The molecular weight excluding hydrogens is 208 g/mol. The number of nitrogens with zero attached hydrogens (tertiary/aromatic N) is 4. The fourth-order valence-electron chi connectivity index (χ4n) is 1.73. The van der Waals surface area contributed by atoms with E-state index in [0.29, 0.717) is 6.54 Å². The van der Waals surface area contributed by atoms with Crippen LogP contribution >= 0.6 is 0 Å². The quantitative estimate of drug-likeness (QED) is 0.508. The molecule has 1 unspecified atom stereocenters. The van der Waals surface area contributed by atoms with Gasteiger partial charge in [-0.1, -0.05) is 0 Å². The molecule has 1 amide bonds. The Bertz CT molecular complexity index is 305. The largest absolute Gasteiger partial charge is 0.444 e. The van der Waals surface area contributed by atoms with Gasteiger partial charge in [0.05, 0.1) is 7.05 Å². The number of rotatable bonds is 1. The van der Waals surface area contributed by atoms with Crippen LogP contribution in [0.3, 0.4) is 0 Å². The third-order valence-electron chi connectivity index (χ3n) is 2.42. The first-order chi connectivity index (χ1) is 7.35. The monoisotopic (exact) mass is 227 g/mol. The summed E-state index contributed by atoms with van der Waals surface area (Å²) in [6.07, 6.45) is 1.12. The Hall–Kier alpha value is -1.51. The summed E-state index contributed by atoms with van der Waals surface area (Å²) >= 11 is 0. The SMILES string of the molecule is CN([N+]#N)C1CCCN1C(=O)OC(C)(C)C. The Labute approximate surface area is 95.7 Å². The molecule has 0 aromatic carbocycles. The first-order valence-corrected chi connectivity index (χ1v) is 5.42. The summed E-state index contributed by atoms with van der Waals surface area (Å²) in [6.45, 7) is 6.13. The van der Waals surface area contributed by atoms with Crippen molar-refractivity contribution in [3.05, 3.63) is 5.08 Å².